The molecule has 4 rings (SSSR count). The van der Waals surface area contributed by atoms with E-state index in [0.717, 1.165) is 17.0 Å². The Morgan fingerprint density at radius 1 is 1.13 bits per heavy atom. The second-order valence-electron chi connectivity index (χ2n) is 6.94. The summed E-state index contributed by atoms with van der Waals surface area (Å²) in [6.45, 7) is 2.53. The summed E-state index contributed by atoms with van der Waals surface area (Å²) in [6.07, 6.45) is 0. The minimum absolute atomic E-state index is 0.0671. The van der Waals surface area contributed by atoms with Gasteiger partial charge < -0.3 is 10.1 Å². The summed E-state index contributed by atoms with van der Waals surface area (Å²) in [6, 6.07) is 21.9. The van der Waals surface area contributed by atoms with Gasteiger partial charge in [0.25, 0.3) is 5.91 Å². The largest absolute Gasteiger partial charge is 0.494 e. The van der Waals surface area contributed by atoms with Crippen molar-refractivity contribution in [2.45, 2.75) is 12.3 Å². The third kappa shape index (κ3) is 4.86. The summed E-state index contributed by atoms with van der Waals surface area (Å²) in [4.78, 5) is 26.8. The lowest BCUT2D eigenvalue weighted by atomic mass is 10.1. The number of carbonyl (C=O) groups excluding carboxylic acids is 2. The van der Waals surface area contributed by atoms with Gasteiger partial charge in [0, 0.05) is 22.0 Å². The topological polar surface area (TPSA) is 58.6 Å². The highest BCUT2D eigenvalue weighted by Crippen LogP contribution is 2.42. The number of thioether (sulfide) groups is 1. The molecule has 1 aliphatic heterocycles. The Bertz CT molecular complexity index is 1090. The maximum atomic E-state index is 12.6. The first-order valence-electron chi connectivity index (χ1n) is 9.88. The van der Waals surface area contributed by atoms with Gasteiger partial charge in [0.2, 0.25) is 5.91 Å². The van der Waals surface area contributed by atoms with Crippen LogP contribution in [0.25, 0.3) is 0 Å². The molecule has 0 saturated carbocycles. The summed E-state index contributed by atoms with van der Waals surface area (Å²) in [5.41, 5.74) is 3.00. The Hall–Kier alpha value is -2.96. The molecule has 1 heterocycles. The SMILES string of the molecule is CCOc1ccc(N2C(=O)CS[C@@H]2c2ccc(NC(=O)c3cccc(Cl)c3)cc2)cc1. The third-order valence-electron chi connectivity index (χ3n) is 4.83. The molecule has 158 valence electrons. The predicted molar refractivity (Wildman–Crippen MR) is 126 cm³/mol. The minimum atomic E-state index is -0.225. The summed E-state index contributed by atoms with van der Waals surface area (Å²) >= 11 is 7.55. The van der Waals surface area contributed by atoms with Crippen molar-refractivity contribution >= 4 is 46.6 Å². The van der Waals surface area contributed by atoms with Crippen LogP contribution in [0.2, 0.25) is 5.02 Å². The molecule has 0 unspecified atom stereocenters. The van der Waals surface area contributed by atoms with Gasteiger partial charge in [0.1, 0.15) is 11.1 Å². The summed E-state index contributed by atoms with van der Waals surface area (Å²) < 4.78 is 5.49. The lowest BCUT2D eigenvalue weighted by molar-refractivity contribution is -0.115. The second kappa shape index (κ2) is 9.45. The van der Waals surface area contributed by atoms with E-state index in [4.69, 9.17) is 16.3 Å². The number of hydrogen-bond donors (Lipinski definition) is 1. The van der Waals surface area contributed by atoms with Crippen LogP contribution in [-0.2, 0) is 4.79 Å². The van der Waals surface area contributed by atoms with E-state index >= 15 is 0 Å². The molecule has 0 spiro atoms. The molecule has 0 aliphatic carbocycles. The van der Waals surface area contributed by atoms with Crippen LogP contribution in [0.4, 0.5) is 11.4 Å². The molecule has 3 aromatic carbocycles. The van der Waals surface area contributed by atoms with E-state index in [-0.39, 0.29) is 17.2 Å². The van der Waals surface area contributed by atoms with Gasteiger partial charge in [-0.1, -0.05) is 29.8 Å². The number of carbonyl (C=O) groups is 2. The van der Waals surface area contributed by atoms with Gasteiger partial charge in [-0.05, 0) is 67.1 Å². The van der Waals surface area contributed by atoms with Crippen LogP contribution in [0.15, 0.2) is 72.8 Å². The van der Waals surface area contributed by atoms with Crippen molar-refractivity contribution in [3.05, 3.63) is 88.9 Å². The van der Waals surface area contributed by atoms with E-state index in [2.05, 4.69) is 5.32 Å². The maximum absolute atomic E-state index is 12.6. The zero-order valence-corrected chi connectivity index (χ0v) is 18.5. The normalized spacial score (nSPS) is 15.7. The van der Waals surface area contributed by atoms with Crippen molar-refractivity contribution in [2.75, 3.05) is 22.6 Å². The van der Waals surface area contributed by atoms with Crippen molar-refractivity contribution in [2.24, 2.45) is 0 Å². The molecule has 0 aromatic heterocycles. The summed E-state index contributed by atoms with van der Waals surface area (Å²) in [5.74, 6) is 1.04. The van der Waals surface area contributed by atoms with Crippen LogP contribution < -0.4 is 15.0 Å². The van der Waals surface area contributed by atoms with Crippen LogP contribution in [0.3, 0.4) is 0 Å². The van der Waals surface area contributed by atoms with E-state index in [1.807, 2.05) is 55.5 Å². The number of anilines is 2. The predicted octanol–water partition coefficient (Wildman–Crippen LogP) is 5.77. The highest BCUT2D eigenvalue weighted by molar-refractivity contribution is 8.00. The monoisotopic (exact) mass is 452 g/mol. The van der Waals surface area contributed by atoms with Gasteiger partial charge >= 0.3 is 0 Å². The Morgan fingerprint density at radius 3 is 2.55 bits per heavy atom. The molecule has 5 nitrogen and oxygen atoms in total. The fraction of sp³-hybridized carbons (Fsp3) is 0.167. The summed E-state index contributed by atoms with van der Waals surface area (Å²) in [5, 5.41) is 3.27. The molecular formula is C24H21ClN2O3S. The number of ether oxygens (including phenoxy) is 1. The lowest BCUT2D eigenvalue weighted by Crippen LogP contribution is -2.27. The van der Waals surface area contributed by atoms with E-state index in [0.29, 0.717) is 28.6 Å². The van der Waals surface area contributed by atoms with Gasteiger partial charge in [-0.2, -0.15) is 0 Å². The molecule has 1 aliphatic rings. The van der Waals surface area contributed by atoms with Crippen LogP contribution in [0.1, 0.15) is 28.2 Å². The van der Waals surface area contributed by atoms with E-state index in [1.54, 1.807) is 40.9 Å². The molecule has 7 heteroatoms. The smallest absolute Gasteiger partial charge is 0.255 e. The van der Waals surface area contributed by atoms with Crippen molar-refractivity contribution in [3.63, 3.8) is 0 Å². The molecule has 3 aromatic rings. The second-order valence-corrected chi connectivity index (χ2v) is 8.45. The molecule has 1 atom stereocenters. The standard InChI is InChI=1S/C24H21ClN2O3S/c1-2-30-21-12-10-20(11-13-21)27-22(28)15-31-24(27)16-6-8-19(9-7-16)26-23(29)17-4-3-5-18(25)14-17/h3-14,24H,2,15H2,1H3,(H,26,29)/t24-/m1/s1. The Morgan fingerprint density at radius 2 is 1.87 bits per heavy atom. The number of halogens is 1. The zero-order chi connectivity index (χ0) is 21.8. The van der Waals surface area contributed by atoms with Gasteiger partial charge in [-0.3, -0.25) is 14.5 Å². The van der Waals surface area contributed by atoms with Crippen molar-refractivity contribution in [1.82, 2.24) is 0 Å². The lowest BCUT2D eigenvalue weighted by Gasteiger charge is -2.24. The Balaban J connectivity index is 1.49. The van der Waals surface area contributed by atoms with Crippen molar-refractivity contribution in [3.8, 4) is 5.75 Å². The van der Waals surface area contributed by atoms with E-state index in [1.165, 1.54) is 0 Å². The molecule has 0 radical (unpaired) electrons. The highest BCUT2D eigenvalue weighted by atomic mass is 35.5. The third-order valence-corrected chi connectivity index (χ3v) is 6.28. The highest BCUT2D eigenvalue weighted by Gasteiger charge is 2.34. The molecule has 31 heavy (non-hydrogen) atoms. The Labute approximate surface area is 190 Å². The number of nitrogens with zero attached hydrogens (tertiary/aromatic N) is 1. The molecule has 1 fully saturated rings. The van der Waals surface area contributed by atoms with Crippen molar-refractivity contribution < 1.29 is 14.3 Å². The Kier molecular flexibility index (Phi) is 6.49. The van der Waals surface area contributed by atoms with Gasteiger partial charge in [-0.25, -0.2) is 0 Å². The molecule has 0 bridgehead atoms. The van der Waals surface area contributed by atoms with Gasteiger partial charge in [0.15, 0.2) is 0 Å². The van der Waals surface area contributed by atoms with Crippen LogP contribution in [0.5, 0.6) is 5.75 Å². The average Bonchev–Trinajstić information content (AvgIpc) is 3.16. The molecule has 1 saturated heterocycles. The van der Waals surface area contributed by atoms with Crippen molar-refractivity contribution in [1.29, 1.82) is 0 Å². The number of rotatable bonds is 6. The molecular weight excluding hydrogens is 432 g/mol. The quantitative estimate of drug-likeness (QED) is 0.515. The first-order valence-corrected chi connectivity index (χ1v) is 11.3. The fourth-order valence-corrected chi connectivity index (χ4v) is 4.75. The number of nitrogens with one attached hydrogen (secondary N) is 1. The van der Waals surface area contributed by atoms with Gasteiger partial charge in [-0.15, -0.1) is 11.8 Å². The maximum Gasteiger partial charge on any atom is 0.255 e. The molecule has 2 amide bonds. The van der Waals surface area contributed by atoms with Crippen LogP contribution in [-0.4, -0.2) is 24.2 Å². The number of amides is 2. The van der Waals surface area contributed by atoms with Crippen LogP contribution in [0, 0.1) is 0 Å². The van der Waals surface area contributed by atoms with Gasteiger partial charge in [0.05, 0.1) is 12.4 Å². The minimum Gasteiger partial charge on any atom is -0.494 e. The fourth-order valence-electron chi connectivity index (χ4n) is 3.38. The first-order chi connectivity index (χ1) is 15.0. The first kappa shape index (κ1) is 21.3. The van der Waals surface area contributed by atoms with E-state index < -0.39 is 0 Å². The number of hydrogen-bond acceptors (Lipinski definition) is 4. The van der Waals surface area contributed by atoms with Crippen LogP contribution >= 0.6 is 23.4 Å². The summed E-state index contributed by atoms with van der Waals surface area (Å²) in [7, 11) is 0. The average molecular weight is 453 g/mol. The zero-order valence-electron chi connectivity index (χ0n) is 16.9. The van der Waals surface area contributed by atoms with E-state index in [9.17, 15) is 9.59 Å². The molecule has 1 N–H and O–H groups in total. The number of benzene rings is 3.